The molecule has 0 aliphatic heterocycles. The molecule has 0 spiro atoms. The van der Waals surface area contributed by atoms with Crippen LogP contribution in [0.3, 0.4) is 0 Å². The second kappa shape index (κ2) is 36.5. The van der Waals surface area contributed by atoms with Gasteiger partial charge in [0, 0.05) is 12.8 Å². The first-order valence-corrected chi connectivity index (χ1v) is 21.1. The minimum Gasteiger partial charge on any atom is -0.462 e. The van der Waals surface area contributed by atoms with Gasteiger partial charge in [-0.15, -0.1) is 0 Å². The maximum atomic E-state index is 12.4. The Balaban J connectivity index is 4.08. The minimum absolute atomic E-state index is 0.187. The van der Waals surface area contributed by atoms with Crippen molar-refractivity contribution >= 4 is 19.8 Å². The molecule has 0 fully saturated rings. The summed E-state index contributed by atoms with van der Waals surface area (Å²) < 4.78 is 26.3. The molecular weight excluding hydrogens is 651 g/mol. The van der Waals surface area contributed by atoms with E-state index in [9.17, 15) is 14.2 Å². The number of ether oxygens (including phenoxy) is 2. The molecule has 0 aliphatic carbocycles. The maximum absolute atomic E-state index is 12.4. The summed E-state index contributed by atoms with van der Waals surface area (Å²) in [6, 6.07) is 0. The van der Waals surface area contributed by atoms with Gasteiger partial charge in [0.15, 0.2) is 6.10 Å². The van der Waals surface area contributed by atoms with Crippen molar-refractivity contribution in [1.82, 2.24) is 0 Å². The number of hydrogen-bond acceptors (Lipinski definition) is 6. The first-order chi connectivity index (χ1) is 24.3. The molecule has 0 saturated heterocycles. The molecule has 288 valence electrons. The van der Waals surface area contributed by atoms with Crippen LogP contribution in [0.2, 0.25) is 0 Å². The van der Waals surface area contributed by atoms with E-state index < -0.39 is 32.5 Å². The molecular formula is C41H71O8P. The Morgan fingerprint density at radius 1 is 0.520 bits per heavy atom. The second-order valence-electron chi connectivity index (χ2n) is 12.9. The molecule has 0 heterocycles. The number of phosphoric acid groups is 1. The number of esters is 2. The predicted octanol–water partition coefficient (Wildman–Crippen LogP) is 11.7. The number of unbranched alkanes of at least 4 members (excludes halogenated alkanes) is 15. The van der Waals surface area contributed by atoms with Gasteiger partial charge in [-0.3, -0.25) is 14.1 Å². The van der Waals surface area contributed by atoms with Crippen LogP contribution in [0.5, 0.6) is 0 Å². The van der Waals surface area contributed by atoms with E-state index in [4.69, 9.17) is 19.3 Å². The zero-order valence-electron chi connectivity index (χ0n) is 31.5. The normalized spacial score (nSPS) is 13.1. The van der Waals surface area contributed by atoms with Gasteiger partial charge in [0.25, 0.3) is 0 Å². The molecule has 0 radical (unpaired) electrons. The molecule has 8 nitrogen and oxygen atoms in total. The van der Waals surface area contributed by atoms with E-state index in [-0.39, 0.29) is 19.4 Å². The number of carbonyl (C=O) groups excluding carboxylic acids is 2. The maximum Gasteiger partial charge on any atom is 0.469 e. The third-order valence-corrected chi connectivity index (χ3v) is 8.49. The van der Waals surface area contributed by atoms with E-state index in [0.717, 1.165) is 57.8 Å². The SMILES string of the molecule is CCCCC/C=C/C/C=C/C/C=C/C/C=C/CCCC(=O)OC[C@H](COP(=O)(O)O)OC(=O)CCCCCCC/C=C/CCCCCCCC. The van der Waals surface area contributed by atoms with Crippen LogP contribution < -0.4 is 0 Å². The van der Waals surface area contributed by atoms with Crippen LogP contribution in [-0.2, 0) is 28.2 Å². The molecule has 9 heteroatoms. The molecule has 0 aliphatic rings. The van der Waals surface area contributed by atoms with Crippen LogP contribution >= 0.6 is 7.82 Å². The third kappa shape index (κ3) is 38.6. The first kappa shape index (κ1) is 47.8. The van der Waals surface area contributed by atoms with E-state index in [1.807, 2.05) is 6.08 Å². The minimum atomic E-state index is -4.77. The van der Waals surface area contributed by atoms with E-state index in [0.29, 0.717) is 12.8 Å². The number of rotatable bonds is 35. The van der Waals surface area contributed by atoms with E-state index in [1.54, 1.807) is 0 Å². The molecule has 0 bridgehead atoms. The molecule has 0 unspecified atom stereocenters. The van der Waals surface area contributed by atoms with Gasteiger partial charge in [-0.05, 0) is 77.0 Å². The van der Waals surface area contributed by atoms with Crippen molar-refractivity contribution in [2.75, 3.05) is 13.2 Å². The largest absolute Gasteiger partial charge is 0.469 e. The van der Waals surface area contributed by atoms with Crippen LogP contribution in [0.15, 0.2) is 60.8 Å². The Kier molecular flexibility index (Phi) is 34.9. The van der Waals surface area contributed by atoms with Gasteiger partial charge in [0.05, 0.1) is 6.61 Å². The lowest BCUT2D eigenvalue weighted by atomic mass is 10.1. The van der Waals surface area contributed by atoms with Gasteiger partial charge < -0.3 is 19.3 Å². The molecule has 0 amide bonds. The van der Waals surface area contributed by atoms with Gasteiger partial charge in [-0.2, -0.15) is 0 Å². The molecule has 0 aromatic rings. The smallest absolute Gasteiger partial charge is 0.462 e. The summed E-state index contributed by atoms with van der Waals surface area (Å²) in [4.78, 5) is 42.7. The van der Waals surface area contributed by atoms with Crippen molar-refractivity contribution in [2.24, 2.45) is 0 Å². The zero-order chi connectivity index (χ0) is 36.8. The summed E-state index contributed by atoms with van der Waals surface area (Å²) in [6.07, 6.45) is 45.1. The number of phosphoric ester groups is 1. The molecule has 50 heavy (non-hydrogen) atoms. The molecule has 2 N–H and O–H groups in total. The first-order valence-electron chi connectivity index (χ1n) is 19.6. The van der Waals surface area contributed by atoms with E-state index in [2.05, 4.69) is 73.1 Å². The van der Waals surface area contributed by atoms with Crippen LogP contribution in [0, 0.1) is 0 Å². The average molecular weight is 723 g/mol. The molecule has 0 rings (SSSR count). The summed E-state index contributed by atoms with van der Waals surface area (Å²) >= 11 is 0. The summed E-state index contributed by atoms with van der Waals surface area (Å²) in [5.74, 6) is -0.964. The van der Waals surface area contributed by atoms with Crippen LogP contribution in [0.4, 0.5) is 0 Å². The fourth-order valence-electron chi connectivity index (χ4n) is 5.06. The summed E-state index contributed by atoms with van der Waals surface area (Å²) in [5, 5.41) is 0. The van der Waals surface area contributed by atoms with Gasteiger partial charge >= 0.3 is 19.8 Å². The van der Waals surface area contributed by atoms with Crippen LogP contribution in [0.1, 0.15) is 168 Å². The van der Waals surface area contributed by atoms with E-state index >= 15 is 0 Å². The Morgan fingerprint density at radius 2 is 0.920 bits per heavy atom. The lowest BCUT2D eigenvalue weighted by Gasteiger charge is -2.18. The Hall–Kier alpha value is -2.25. The summed E-state index contributed by atoms with van der Waals surface area (Å²) in [7, 11) is -4.77. The van der Waals surface area contributed by atoms with Crippen molar-refractivity contribution in [3.8, 4) is 0 Å². The summed E-state index contributed by atoms with van der Waals surface area (Å²) in [6.45, 7) is 3.58. The molecule has 0 aromatic carbocycles. The standard InChI is InChI=1S/C41H71O8P/c1-3-5-7-9-11-13-15-17-19-20-22-23-25-27-29-31-33-35-40(42)47-37-39(38-48-50(44,45)46)49-41(43)36-34-32-30-28-26-24-21-18-16-14-12-10-8-6-4-2/h11,13,17-19,21-23,27,29,39H,3-10,12,14-16,20,24-26,28,30-38H2,1-2H3,(H2,44,45,46)/b13-11+,19-17+,21-18+,23-22+,29-27+/t39-/m1/s1. The Morgan fingerprint density at radius 3 is 1.46 bits per heavy atom. The van der Waals surface area contributed by atoms with Crippen LogP contribution in [0.25, 0.3) is 0 Å². The lowest BCUT2D eigenvalue weighted by Crippen LogP contribution is -2.29. The zero-order valence-corrected chi connectivity index (χ0v) is 32.4. The second-order valence-corrected chi connectivity index (χ2v) is 14.1. The molecule has 0 aromatic heterocycles. The molecule has 0 saturated carbocycles. The van der Waals surface area contributed by atoms with E-state index in [1.165, 1.54) is 70.6 Å². The third-order valence-electron chi connectivity index (χ3n) is 8.01. The monoisotopic (exact) mass is 722 g/mol. The predicted molar refractivity (Wildman–Crippen MR) is 207 cm³/mol. The van der Waals surface area contributed by atoms with Crippen molar-refractivity contribution in [3.63, 3.8) is 0 Å². The number of carbonyl (C=O) groups is 2. The molecule has 1 atom stereocenters. The highest BCUT2D eigenvalue weighted by Gasteiger charge is 2.22. The van der Waals surface area contributed by atoms with Gasteiger partial charge in [-0.1, -0.05) is 139 Å². The average Bonchev–Trinajstić information content (AvgIpc) is 3.08. The highest BCUT2D eigenvalue weighted by atomic mass is 31.2. The van der Waals surface area contributed by atoms with Crippen molar-refractivity contribution < 1.29 is 37.9 Å². The number of hydrogen-bond donors (Lipinski definition) is 2. The van der Waals surface area contributed by atoms with Gasteiger partial charge in [0.2, 0.25) is 0 Å². The van der Waals surface area contributed by atoms with Crippen LogP contribution in [-0.4, -0.2) is 41.0 Å². The number of allylic oxidation sites excluding steroid dienone is 10. The topological polar surface area (TPSA) is 119 Å². The highest BCUT2D eigenvalue weighted by molar-refractivity contribution is 7.46. The fourth-order valence-corrected chi connectivity index (χ4v) is 5.42. The fraction of sp³-hybridized carbons (Fsp3) is 0.707. The quantitative estimate of drug-likeness (QED) is 0.0287. The van der Waals surface area contributed by atoms with Gasteiger partial charge in [-0.25, -0.2) is 4.57 Å². The lowest BCUT2D eigenvalue weighted by molar-refractivity contribution is -0.161. The van der Waals surface area contributed by atoms with Crippen molar-refractivity contribution in [3.05, 3.63) is 60.8 Å². The van der Waals surface area contributed by atoms with Crippen molar-refractivity contribution in [2.45, 2.75) is 174 Å². The van der Waals surface area contributed by atoms with Crippen molar-refractivity contribution in [1.29, 1.82) is 0 Å². The summed E-state index contributed by atoms with van der Waals surface area (Å²) in [5.41, 5.74) is 0. The van der Waals surface area contributed by atoms with Gasteiger partial charge in [0.1, 0.15) is 6.61 Å². The Labute approximate surface area is 305 Å². The Bertz CT molecular complexity index is 995. The highest BCUT2D eigenvalue weighted by Crippen LogP contribution is 2.36.